The van der Waals surface area contributed by atoms with Crippen LogP contribution in [0, 0.1) is 5.82 Å². The highest BCUT2D eigenvalue weighted by atomic mass is 32.1. The molecule has 0 unspecified atom stereocenters. The van der Waals surface area contributed by atoms with Gasteiger partial charge in [0.05, 0.1) is 25.0 Å². The van der Waals surface area contributed by atoms with Crippen LogP contribution in [0.3, 0.4) is 0 Å². The molecule has 0 aliphatic heterocycles. The van der Waals surface area contributed by atoms with E-state index < -0.39 is 0 Å². The van der Waals surface area contributed by atoms with Crippen molar-refractivity contribution in [1.29, 1.82) is 0 Å². The van der Waals surface area contributed by atoms with Gasteiger partial charge < -0.3 is 10.4 Å². The highest BCUT2D eigenvalue weighted by Crippen LogP contribution is 2.28. The molecule has 3 rings (SSSR count). The number of halogens is 1. The molecule has 2 N–H and O–H groups in total. The van der Waals surface area contributed by atoms with Gasteiger partial charge in [0.15, 0.2) is 0 Å². The normalized spacial score (nSPS) is 10.8. The molecule has 2 aromatic heterocycles. The Kier molecular flexibility index (Phi) is 4.50. The van der Waals surface area contributed by atoms with Crippen molar-refractivity contribution in [2.24, 2.45) is 0 Å². The minimum absolute atomic E-state index is 0.0765. The minimum Gasteiger partial charge on any atom is -0.394 e. The molecule has 0 amide bonds. The van der Waals surface area contributed by atoms with Gasteiger partial charge in [0, 0.05) is 22.5 Å². The van der Waals surface area contributed by atoms with Gasteiger partial charge in [-0.25, -0.2) is 4.39 Å². The molecular weight excluding hydrogens is 301 g/mol. The standard InChI is InChI=1S/C16H16FN3OS/c17-13-3-1-12(2-4-13)16-6-5-15(22-16)10-18-14-9-19-20(11-14)7-8-21/h1-6,9,11,18,21H,7-8,10H2. The lowest BCUT2D eigenvalue weighted by Crippen LogP contribution is -2.01. The lowest BCUT2D eigenvalue weighted by Gasteiger charge is -2.01. The summed E-state index contributed by atoms with van der Waals surface area (Å²) >= 11 is 1.68. The molecule has 114 valence electrons. The van der Waals surface area contributed by atoms with Crippen LogP contribution in [0.2, 0.25) is 0 Å². The van der Waals surface area contributed by atoms with E-state index in [2.05, 4.69) is 16.5 Å². The first kappa shape index (κ1) is 14.7. The summed E-state index contributed by atoms with van der Waals surface area (Å²) < 4.78 is 14.6. The van der Waals surface area contributed by atoms with Crippen LogP contribution in [-0.4, -0.2) is 21.5 Å². The number of aromatic nitrogens is 2. The van der Waals surface area contributed by atoms with Crippen LogP contribution in [-0.2, 0) is 13.1 Å². The van der Waals surface area contributed by atoms with Gasteiger partial charge >= 0.3 is 0 Å². The Balaban J connectivity index is 1.62. The number of nitrogens with zero attached hydrogens (tertiary/aromatic N) is 2. The molecule has 0 saturated carbocycles. The Morgan fingerprint density at radius 1 is 1.18 bits per heavy atom. The smallest absolute Gasteiger partial charge is 0.123 e. The summed E-state index contributed by atoms with van der Waals surface area (Å²) in [5.41, 5.74) is 1.94. The first-order chi connectivity index (χ1) is 10.7. The molecule has 1 aromatic carbocycles. The average Bonchev–Trinajstić information content (AvgIpc) is 3.16. The fraction of sp³-hybridized carbons (Fsp3) is 0.188. The van der Waals surface area contributed by atoms with Crippen molar-refractivity contribution in [1.82, 2.24) is 9.78 Å². The van der Waals surface area contributed by atoms with Crippen molar-refractivity contribution >= 4 is 17.0 Å². The maximum Gasteiger partial charge on any atom is 0.123 e. The van der Waals surface area contributed by atoms with Gasteiger partial charge in [-0.05, 0) is 29.8 Å². The van der Waals surface area contributed by atoms with Crippen molar-refractivity contribution in [3.63, 3.8) is 0 Å². The number of nitrogens with one attached hydrogen (secondary N) is 1. The van der Waals surface area contributed by atoms with E-state index in [1.165, 1.54) is 17.0 Å². The van der Waals surface area contributed by atoms with Crippen LogP contribution in [0.5, 0.6) is 0 Å². The van der Waals surface area contributed by atoms with E-state index in [9.17, 15) is 4.39 Å². The van der Waals surface area contributed by atoms with Gasteiger partial charge in [-0.3, -0.25) is 4.68 Å². The van der Waals surface area contributed by atoms with Crippen molar-refractivity contribution in [2.45, 2.75) is 13.1 Å². The first-order valence-electron chi connectivity index (χ1n) is 6.96. The molecule has 0 spiro atoms. The molecule has 0 bridgehead atoms. The fourth-order valence-corrected chi connectivity index (χ4v) is 3.06. The average molecular weight is 317 g/mol. The quantitative estimate of drug-likeness (QED) is 0.733. The molecule has 2 heterocycles. The number of rotatable bonds is 6. The summed E-state index contributed by atoms with van der Waals surface area (Å²) in [4.78, 5) is 2.31. The van der Waals surface area contributed by atoms with E-state index in [1.807, 2.05) is 12.3 Å². The summed E-state index contributed by atoms with van der Waals surface area (Å²) in [6, 6.07) is 10.6. The minimum atomic E-state index is -0.220. The molecule has 0 aliphatic carbocycles. The van der Waals surface area contributed by atoms with Crippen molar-refractivity contribution in [3.8, 4) is 10.4 Å². The van der Waals surface area contributed by atoms with Gasteiger partial charge in [-0.15, -0.1) is 11.3 Å². The Hall–Kier alpha value is -2.18. The van der Waals surface area contributed by atoms with Crippen LogP contribution in [0.1, 0.15) is 4.88 Å². The predicted octanol–water partition coefficient (Wildman–Crippen LogP) is 3.36. The molecule has 0 atom stereocenters. The Labute approximate surface area is 131 Å². The van der Waals surface area contributed by atoms with Crippen LogP contribution in [0.15, 0.2) is 48.8 Å². The van der Waals surface area contributed by atoms with E-state index in [1.54, 1.807) is 34.3 Å². The second-order valence-corrected chi connectivity index (χ2v) is 6.01. The number of aliphatic hydroxyl groups is 1. The summed E-state index contributed by atoms with van der Waals surface area (Å²) in [7, 11) is 0. The summed E-state index contributed by atoms with van der Waals surface area (Å²) in [5, 5.41) is 16.3. The molecule has 0 saturated heterocycles. The third kappa shape index (κ3) is 3.52. The van der Waals surface area contributed by atoms with Crippen LogP contribution in [0.25, 0.3) is 10.4 Å². The first-order valence-corrected chi connectivity index (χ1v) is 7.78. The van der Waals surface area contributed by atoms with Crippen LogP contribution < -0.4 is 5.32 Å². The van der Waals surface area contributed by atoms with Gasteiger partial charge in [-0.2, -0.15) is 5.10 Å². The Bertz CT molecular complexity index is 736. The number of aliphatic hydroxyl groups excluding tert-OH is 1. The summed E-state index contributed by atoms with van der Waals surface area (Å²) in [6.07, 6.45) is 3.61. The third-order valence-corrected chi connectivity index (χ3v) is 4.35. The zero-order valence-corrected chi connectivity index (χ0v) is 12.7. The zero-order chi connectivity index (χ0) is 15.4. The second kappa shape index (κ2) is 6.72. The van der Waals surface area contributed by atoms with Crippen molar-refractivity contribution in [3.05, 3.63) is 59.5 Å². The lowest BCUT2D eigenvalue weighted by molar-refractivity contribution is 0.269. The maximum absolute atomic E-state index is 12.9. The van der Waals surface area contributed by atoms with E-state index in [0.29, 0.717) is 13.1 Å². The number of thiophene rings is 1. The zero-order valence-electron chi connectivity index (χ0n) is 11.9. The van der Waals surface area contributed by atoms with Crippen LogP contribution >= 0.6 is 11.3 Å². The van der Waals surface area contributed by atoms with E-state index in [-0.39, 0.29) is 12.4 Å². The monoisotopic (exact) mass is 317 g/mol. The number of hydrogen-bond acceptors (Lipinski definition) is 4. The van der Waals surface area contributed by atoms with Gasteiger partial charge in [0.1, 0.15) is 5.82 Å². The van der Waals surface area contributed by atoms with E-state index in [0.717, 1.165) is 16.1 Å². The van der Waals surface area contributed by atoms with Crippen LogP contribution in [0.4, 0.5) is 10.1 Å². The molecular formula is C16H16FN3OS. The molecule has 3 aromatic rings. The largest absolute Gasteiger partial charge is 0.394 e. The predicted molar refractivity (Wildman–Crippen MR) is 86.4 cm³/mol. The number of anilines is 1. The lowest BCUT2D eigenvalue weighted by atomic mass is 10.2. The number of hydrogen-bond donors (Lipinski definition) is 2. The molecule has 22 heavy (non-hydrogen) atoms. The summed E-state index contributed by atoms with van der Waals surface area (Å²) in [5.74, 6) is -0.220. The Morgan fingerprint density at radius 3 is 2.77 bits per heavy atom. The van der Waals surface area contributed by atoms with Gasteiger partial charge in [0.25, 0.3) is 0 Å². The highest BCUT2D eigenvalue weighted by molar-refractivity contribution is 7.15. The van der Waals surface area contributed by atoms with E-state index in [4.69, 9.17) is 5.11 Å². The molecule has 0 fully saturated rings. The third-order valence-electron chi connectivity index (χ3n) is 3.22. The van der Waals surface area contributed by atoms with Gasteiger partial charge in [-0.1, -0.05) is 12.1 Å². The SMILES string of the molecule is OCCn1cc(NCc2ccc(-c3ccc(F)cc3)s2)cn1. The fourth-order valence-electron chi connectivity index (χ4n) is 2.11. The molecule has 0 radical (unpaired) electrons. The van der Waals surface area contributed by atoms with Crippen molar-refractivity contribution < 1.29 is 9.50 Å². The number of benzene rings is 1. The van der Waals surface area contributed by atoms with E-state index >= 15 is 0 Å². The maximum atomic E-state index is 12.9. The molecule has 0 aliphatic rings. The topological polar surface area (TPSA) is 50.1 Å². The van der Waals surface area contributed by atoms with Gasteiger partial charge in [0.2, 0.25) is 0 Å². The second-order valence-electron chi connectivity index (χ2n) is 4.84. The summed E-state index contributed by atoms with van der Waals surface area (Å²) in [6.45, 7) is 1.28. The Morgan fingerprint density at radius 2 is 2.00 bits per heavy atom. The highest BCUT2D eigenvalue weighted by Gasteiger charge is 2.04. The molecule has 6 heteroatoms. The molecule has 4 nitrogen and oxygen atoms in total. The van der Waals surface area contributed by atoms with Crippen molar-refractivity contribution in [2.75, 3.05) is 11.9 Å².